The van der Waals surface area contributed by atoms with E-state index in [1.807, 2.05) is 57.2 Å². The summed E-state index contributed by atoms with van der Waals surface area (Å²) in [6.45, 7) is 5.08. The second-order valence-electron chi connectivity index (χ2n) is 10.8. The van der Waals surface area contributed by atoms with E-state index in [1.165, 1.54) is 17.0 Å². The highest BCUT2D eigenvalue weighted by Crippen LogP contribution is 2.28. The fourth-order valence-corrected chi connectivity index (χ4v) is 6.77. The minimum atomic E-state index is -4.18. The number of anilines is 1. The summed E-state index contributed by atoms with van der Waals surface area (Å²) in [5, 5.41) is 3.44. The minimum Gasteiger partial charge on any atom is -0.352 e. The number of sulfonamides is 1. The van der Waals surface area contributed by atoms with E-state index in [4.69, 9.17) is 11.6 Å². The Hall–Kier alpha value is -3.66. The molecule has 0 heterocycles. The van der Waals surface area contributed by atoms with Gasteiger partial charge in [0.25, 0.3) is 10.0 Å². The number of hydrogen-bond acceptors (Lipinski definition) is 4. The Bertz CT molecular complexity index is 1700. The fraction of sp³-hybridized carbons (Fsp3) is 0.235. The predicted octanol–water partition coefficient (Wildman–Crippen LogP) is 6.77. The molecule has 0 bridgehead atoms. The summed E-state index contributed by atoms with van der Waals surface area (Å²) < 4.78 is 29.9. The molecule has 44 heavy (non-hydrogen) atoms. The van der Waals surface area contributed by atoms with Crippen molar-refractivity contribution in [2.45, 2.75) is 50.7 Å². The van der Waals surface area contributed by atoms with Crippen molar-refractivity contribution in [3.8, 4) is 0 Å². The molecule has 0 spiro atoms. The standard InChI is InChI=1S/C34H35BrClN3O4S/c1-24(2)37-34(41)32(20-26-9-5-4-6-10-26)38(22-27-11-7-13-29(36)19-27)33(40)23-39(30-14-8-12-28(35)21-30)44(42,43)31-17-15-25(3)16-18-31/h4-19,21,24,32H,20,22-23H2,1-3H3,(H,37,41)/t32-/m1/s1. The third kappa shape index (κ3) is 8.71. The molecule has 0 aliphatic heterocycles. The Morgan fingerprint density at radius 3 is 2.16 bits per heavy atom. The monoisotopic (exact) mass is 695 g/mol. The summed E-state index contributed by atoms with van der Waals surface area (Å²) in [6.07, 6.45) is 0.229. The highest BCUT2D eigenvalue weighted by atomic mass is 79.9. The van der Waals surface area contributed by atoms with Crippen LogP contribution in [0.1, 0.15) is 30.5 Å². The van der Waals surface area contributed by atoms with E-state index < -0.39 is 28.5 Å². The fourth-order valence-electron chi connectivity index (χ4n) is 4.76. The van der Waals surface area contributed by atoms with E-state index >= 15 is 0 Å². The van der Waals surface area contributed by atoms with Crippen LogP contribution < -0.4 is 9.62 Å². The smallest absolute Gasteiger partial charge is 0.264 e. The average Bonchev–Trinajstić information content (AvgIpc) is 2.98. The Labute approximate surface area is 273 Å². The molecule has 10 heteroatoms. The molecule has 0 unspecified atom stereocenters. The van der Waals surface area contributed by atoms with Crippen LogP contribution in [0.15, 0.2) is 112 Å². The Morgan fingerprint density at radius 2 is 1.52 bits per heavy atom. The molecule has 1 atom stereocenters. The van der Waals surface area contributed by atoms with Crippen LogP contribution >= 0.6 is 27.5 Å². The number of rotatable bonds is 12. The molecule has 4 rings (SSSR count). The van der Waals surface area contributed by atoms with Gasteiger partial charge >= 0.3 is 0 Å². The van der Waals surface area contributed by atoms with Crippen LogP contribution in [-0.4, -0.2) is 43.8 Å². The summed E-state index contributed by atoms with van der Waals surface area (Å²) in [7, 11) is -4.18. The number of nitrogens with zero attached hydrogens (tertiary/aromatic N) is 2. The molecule has 0 aromatic heterocycles. The van der Waals surface area contributed by atoms with Gasteiger partial charge in [0.2, 0.25) is 11.8 Å². The van der Waals surface area contributed by atoms with Crippen LogP contribution in [0.5, 0.6) is 0 Å². The maximum absolute atomic E-state index is 14.5. The van der Waals surface area contributed by atoms with E-state index in [-0.39, 0.29) is 29.8 Å². The van der Waals surface area contributed by atoms with Gasteiger partial charge in [0.15, 0.2) is 0 Å². The maximum atomic E-state index is 14.5. The lowest BCUT2D eigenvalue weighted by molar-refractivity contribution is -0.140. The van der Waals surface area contributed by atoms with E-state index in [9.17, 15) is 18.0 Å². The van der Waals surface area contributed by atoms with Crippen molar-refractivity contribution in [1.82, 2.24) is 10.2 Å². The van der Waals surface area contributed by atoms with Gasteiger partial charge in [0, 0.05) is 28.5 Å². The van der Waals surface area contributed by atoms with Crippen LogP contribution in [0.2, 0.25) is 5.02 Å². The second kappa shape index (κ2) is 14.9. The average molecular weight is 697 g/mol. The van der Waals surface area contributed by atoms with Gasteiger partial charge in [-0.15, -0.1) is 0 Å². The third-order valence-corrected chi connectivity index (χ3v) is 9.44. The third-order valence-electron chi connectivity index (χ3n) is 6.93. The largest absolute Gasteiger partial charge is 0.352 e. The Balaban J connectivity index is 1.81. The van der Waals surface area contributed by atoms with E-state index in [2.05, 4.69) is 21.2 Å². The first-order valence-corrected chi connectivity index (χ1v) is 16.8. The SMILES string of the molecule is Cc1ccc(S(=O)(=O)N(CC(=O)N(Cc2cccc(Cl)c2)[C@H](Cc2ccccc2)C(=O)NC(C)C)c2cccc(Br)c2)cc1. The first-order valence-electron chi connectivity index (χ1n) is 14.2. The molecule has 0 radical (unpaired) electrons. The number of benzene rings is 4. The predicted molar refractivity (Wildman–Crippen MR) is 179 cm³/mol. The molecule has 0 aliphatic carbocycles. The van der Waals surface area contributed by atoms with Crippen molar-refractivity contribution >= 4 is 55.1 Å². The lowest BCUT2D eigenvalue weighted by Gasteiger charge is -2.34. The molecule has 230 valence electrons. The Morgan fingerprint density at radius 1 is 0.864 bits per heavy atom. The van der Waals surface area contributed by atoms with Gasteiger partial charge < -0.3 is 10.2 Å². The highest BCUT2D eigenvalue weighted by molar-refractivity contribution is 9.10. The quantitative estimate of drug-likeness (QED) is 0.177. The van der Waals surface area contributed by atoms with Crippen LogP contribution in [-0.2, 0) is 32.6 Å². The number of nitrogens with one attached hydrogen (secondary N) is 1. The zero-order valence-electron chi connectivity index (χ0n) is 24.8. The van der Waals surface area contributed by atoms with Crippen molar-refractivity contribution in [2.75, 3.05) is 10.8 Å². The lowest BCUT2D eigenvalue weighted by Crippen LogP contribution is -2.54. The minimum absolute atomic E-state index is 0.0410. The molecular formula is C34H35BrClN3O4S. The van der Waals surface area contributed by atoms with Crippen LogP contribution in [0, 0.1) is 6.92 Å². The normalized spacial score (nSPS) is 12.0. The highest BCUT2D eigenvalue weighted by Gasteiger charge is 2.35. The van der Waals surface area contributed by atoms with E-state index in [0.29, 0.717) is 20.7 Å². The number of amides is 2. The number of halogens is 2. The van der Waals surface area contributed by atoms with Crippen LogP contribution in [0.25, 0.3) is 0 Å². The molecular weight excluding hydrogens is 662 g/mol. The molecule has 0 fully saturated rings. The molecule has 0 aliphatic rings. The van der Waals surface area contributed by atoms with Gasteiger partial charge in [-0.3, -0.25) is 13.9 Å². The molecule has 1 N–H and O–H groups in total. The first kappa shape index (κ1) is 33.2. The van der Waals surface area contributed by atoms with E-state index in [0.717, 1.165) is 15.4 Å². The van der Waals surface area contributed by atoms with E-state index in [1.54, 1.807) is 54.6 Å². The summed E-state index contributed by atoms with van der Waals surface area (Å²) in [6, 6.07) is 28.6. The lowest BCUT2D eigenvalue weighted by atomic mass is 10.0. The van der Waals surface area contributed by atoms with Gasteiger partial charge in [-0.05, 0) is 74.4 Å². The van der Waals surface area contributed by atoms with Crippen molar-refractivity contribution in [2.24, 2.45) is 0 Å². The number of carbonyl (C=O) groups is 2. The van der Waals surface area contributed by atoms with Gasteiger partial charge in [0.1, 0.15) is 12.6 Å². The zero-order chi connectivity index (χ0) is 31.9. The molecule has 0 saturated carbocycles. The first-order chi connectivity index (χ1) is 20.9. The van der Waals surface area contributed by atoms with Crippen LogP contribution in [0.4, 0.5) is 5.69 Å². The van der Waals surface area contributed by atoms with Crippen LogP contribution in [0.3, 0.4) is 0 Å². The van der Waals surface area contributed by atoms with Crippen molar-refractivity contribution in [3.05, 3.63) is 129 Å². The van der Waals surface area contributed by atoms with Gasteiger partial charge in [-0.2, -0.15) is 0 Å². The zero-order valence-corrected chi connectivity index (χ0v) is 27.9. The summed E-state index contributed by atoms with van der Waals surface area (Å²) in [4.78, 5) is 29.7. The summed E-state index contributed by atoms with van der Waals surface area (Å²) >= 11 is 9.72. The molecule has 4 aromatic rings. The van der Waals surface area contributed by atoms with Gasteiger partial charge in [-0.1, -0.05) is 93.8 Å². The number of carbonyl (C=O) groups excluding carboxylic acids is 2. The Kier molecular flexibility index (Phi) is 11.2. The topological polar surface area (TPSA) is 86.8 Å². The van der Waals surface area contributed by atoms with Crippen molar-refractivity contribution < 1.29 is 18.0 Å². The molecule has 2 amide bonds. The second-order valence-corrected chi connectivity index (χ2v) is 14.0. The van der Waals surface area contributed by atoms with Gasteiger partial charge in [-0.25, -0.2) is 8.42 Å². The number of aryl methyl sites for hydroxylation is 1. The molecule has 4 aromatic carbocycles. The summed E-state index contributed by atoms with van der Waals surface area (Å²) in [5.41, 5.74) is 2.77. The summed E-state index contributed by atoms with van der Waals surface area (Å²) in [5.74, 6) is -0.880. The van der Waals surface area contributed by atoms with Crippen molar-refractivity contribution in [3.63, 3.8) is 0 Å². The molecule has 7 nitrogen and oxygen atoms in total. The van der Waals surface area contributed by atoms with Crippen molar-refractivity contribution in [1.29, 1.82) is 0 Å². The van der Waals surface area contributed by atoms with Gasteiger partial charge in [0.05, 0.1) is 10.6 Å². The maximum Gasteiger partial charge on any atom is 0.264 e. The number of hydrogen-bond donors (Lipinski definition) is 1. The molecule has 0 saturated heterocycles.